The fourth-order valence-electron chi connectivity index (χ4n) is 1.21. The number of rotatable bonds is 4. The monoisotopic (exact) mass is 240 g/mol. The third kappa shape index (κ3) is 2.62. The average Bonchev–Trinajstić information content (AvgIpc) is 2.60. The van der Waals surface area contributed by atoms with Gasteiger partial charge in [-0.25, -0.2) is 4.98 Å². The van der Waals surface area contributed by atoms with Crippen molar-refractivity contribution in [2.45, 2.75) is 10.8 Å². The van der Waals surface area contributed by atoms with Gasteiger partial charge in [-0.05, 0) is 24.6 Å². The van der Waals surface area contributed by atoms with Gasteiger partial charge in [0.25, 0.3) is 0 Å². The molecular weight excluding hydrogens is 228 g/mol. The summed E-state index contributed by atoms with van der Waals surface area (Å²) in [6.45, 7) is 0.241. The van der Waals surface area contributed by atoms with E-state index in [0.29, 0.717) is 0 Å². The van der Waals surface area contributed by atoms with Crippen molar-refractivity contribution < 1.29 is 5.11 Å². The van der Waals surface area contributed by atoms with E-state index in [1.807, 2.05) is 18.2 Å². The fraction of sp³-hybridized carbons (Fsp3) is 0.300. The molecule has 0 amide bonds. The average molecular weight is 240 g/mol. The van der Waals surface area contributed by atoms with Crippen molar-refractivity contribution in [3.8, 4) is 0 Å². The highest BCUT2D eigenvalue weighted by atomic mass is 32.2. The molecule has 0 unspecified atom stereocenters. The summed E-state index contributed by atoms with van der Waals surface area (Å²) < 4.78 is 2.17. The Kier molecular flexibility index (Phi) is 3.45. The number of nitrogens with two attached hydrogens (primary N) is 1. The molecule has 0 saturated heterocycles. The van der Waals surface area contributed by atoms with Gasteiger partial charge >= 0.3 is 0 Å². The van der Waals surface area contributed by atoms with Crippen molar-refractivity contribution in [1.29, 1.82) is 0 Å². The molecule has 1 aromatic heterocycles. The number of anilines is 1. The summed E-state index contributed by atoms with van der Waals surface area (Å²) in [5.74, 6) is 0.909. The highest BCUT2D eigenvalue weighted by Gasteiger charge is 2.03. The summed E-state index contributed by atoms with van der Waals surface area (Å²) in [5.41, 5.74) is 7.47. The number of aromatic nitrogens is 1. The SMILES string of the molecule is Nc1ccc2nc(SCCCO)sc2c1. The normalized spacial score (nSPS) is 11.0. The van der Waals surface area contributed by atoms with Crippen LogP contribution in [0, 0.1) is 0 Å². The number of hydrogen-bond donors (Lipinski definition) is 2. The number of fused-ring (bicyclic) bond motifs is 1. The van der Waals surface area contributed by atoms with Crippen LogP contribution >= 0.6 is 23.1 Å². The molecule has 1 aromatic carbocycles. The van der Waals surface area contributed by atoms with Crippen LogP contribution in [0.4, 0.5) is 5.69 Å². The van der Waals surface area contributed by atoms with E-state index in [4.69, 9.17) is 10.8 Å². The third-order valence-electron chi connectivity index (χ3n) is 1.92. The van der Waals surface area contributed by atoms with E-state index in [9.17, 15) is 0 Å². The Morgan fingerprint density at radius 3 is 3.13 bits per heavy atom. The molecule has 80 valence electrons. The number of aliphatic hydroxyl groups excluding tert-OH is 1. The van der Waals surface area contributed by atoms with Crippen LogP contribution in [0.5, 0.6) is 0 Å². The number of thiazole rings is 1. The number of aliphatic hydroxyl groups is 1. The van der Waals surface area contributed by atoms with Crippen LogP contribution in [0.2, 0.25) is 0 Å². The summed E-state index contributed by atoms with van der Waals surface area (Å²) >= 11 is 3.34. The predicted octanol–water partition coefficient (Wildman–Crippen LogP) is 2.35. The molecule has 5 heteroatoms. The maximum Gasteiger partial charge on any atom is 0.151 e. The van der Waals surface area contributed by atoms with Crippen LogP contribution in [-0.2, 0) is 0 Å². The first-order valence-corrected chi connectivity index (χ1v) is 6.49. The molecule has 0 aliphatic rings. The summed E-state index contributed by atoms with van der Waals surface area (Å²) in [6.07, 6.45) is 0.808. The quantitative estimate of drug-likeness (QED) is 0.489. The predicted molar refractivity (Wildman–Crippen MR) is 66.5 cm³/mol. The second-order valence-corrected chi connectivity index (χ2v) is 5.51. The maximum absolute atomic E-state index is 8.67. The molecule has 0 fully saturated rings. The molecule has 1 heterocycles. The second-order valence-electron chi connectivity index (χ2n) is 3.13. The van der Waals surface area contributed by atoms with Crippen molar-refractivity contribution >= 4 is 39.0 Å². The number of nitrogens with zero attached hydrogens (tertiary/aromatic N) is 1. The Bertz CT molecular complexity index is 456. The highest BCUT2D eigenvalue weighted by molar-refractivity contribution is 8.01. The van der Waals surface area contributed by atoms with Crippen molar-refractivity contribution in [2.75, 3.05) is 18.1 Å². The lowest BCUT2D eigenvalue weighted by Crippen LogP contribution is -1.84. The zero-order valence-electron chi connectivity index (χ0n) is 8.14. The largest absolute Gasteiger partial charge is 0.399 e. The standard InChI is InChI=1S/C10H12N2OS2/c11-7-2-3-8-9(6-7)15-10(12-8)14-5-1-4-13/h2-3,6,13H,1,4-5,11H2. The topological polar surface area (TPSA) is 59.1 Å². The Hall–Kier alpha value is -0.780. The van der Waals surface area contributed by atoms with Gasteiger partial charge in [0.1, 0.15) is 0 Å². The van der Waals surface area contributed by atoms with Gasteiger partial charge in [-0.1, -0.05) is 11.8 Å². The zero-order valence-corrected chi connectivity index (χ0v) is 9.77. The van der Waals surface area contributed by atoms with Crippen LogP contribution in [0.1, 0.15) is 6.42 Å². The first-order chi connectivity index (χ1) is 7.29. The molecule has 3 nitrogen and oxygen atoms in total. The van der Waals surface area contributed by atoms with Crippen LogP contribution in [-0.4, -0.2) is 22.5 Å². The summed E-state index contributed by atoms with van der Waals surface area (Å²) in [4.78, 5) is 4.47. The van der Waals surface area contributed by atoms with Gasteiger partial charge in [0.15, 0.2) is 4.34 Å². The number of nitrogen functional groups attached to an aromatic ring is 1. The van der Waals surface area contributed by atoms with E-state index in [2.05, 4.69) is 4.98 Å². The van der Waals surface area contributed by atoms with E-state index in [1.165, 1.54) is 0 Å². The van der Waals surface area contributed by atoms with Crippen LogP contribution in [0.15, 0.2) is 22.5 Å². The minimum atomic E-state index is 0.241. The minimum Gasteiger partial charge on any atom is -0.399 e. The molecule has 0 atom stereocenters. The lowest BCUT2D eigenvalue weighted by molar-refractivity contribution is 0.296. The Labute approximate surface area is 96.3 Å². The molecular formula is C10H12N2OS2. The second kappa shape index (κ2) is 4.83. The zero-order chi connectivity index (χ0) is 10.7. The molecule has 0 radical (unpaired) electrons. The van der Waals surface area contributed by atoms with Gasteiger partial charge in [0, 0.05) is 18.0 Å². The Balaban J connectivity index is 2.16. The number of benzene rings is 1. The number of hydrogen-bond acceptors (Lipinski definition) is 5. The lowest BCUT2D eigenvalue weighted by Gasteiger charge is -1.92. The molecule has 0 aliphatic carbocycles. The first-order valence-electron chi connectivity index (χ1n) is 4.69. The van der Waals surface area contributed by atoms with E-state index in [0.717, 1.165) is 32.4 Å². The van der Waals surface area contributed by atoms with Crippen molar-refractivity contribution in [3.05, 3.63) is 18.2 Å². The molecule has 2 aromatic rings. The maximum atomic E-state index is 8.67. The van der Waals surface area contributed by atoms with Gasteiger partial charge in [-0.15, -0.1) is 11.3 Å². The van der Waals surface area contributed by atoms with E-state index in [1.54, 1.807) is 23.1 Å². The number of thioether (sulfide) groups is 1. The van der Waals surface area contributed by atoms with E-state index < -0.39 is 0 Å². The Morgan fingerprint density at radius 2 is 2.33 bits per heavy atom. The molecule has 15 heavy (non-hydrogen) atoms. The molecule has 0 saturated carbocycles. The fourth-order valence-corrected chi connectivity index (χ4v) is 3.32. The smallest absolute Gasteiger partial charge is 0.151 e. The summed E-state index contributed by atoms with van der Waals surface area (Å²) in [6, 6.07) is 5.75. The van der Waals surface area contributed by atoms with Crippen molar-refractivity contribution in [2.24, 2.45) is 0 Å². The first kappa shape index (κ1) is 10.7. The molecule has 3 N–H and O–H groups in total. The van der Waals surface area contributed by atoms with Crippen LogP contribution in [0.25, 0.3) is 10.2 Å². The molecule has 0 aliphatic heterocycles. The van der Waals surface area contributed by atoms with Gasteiger partial charge < -0.3 is 10.8 Å². The highest BCUT2D eigenvalue weighted by Crippen LogP contribution is 2.30. The lowest BCUT2D eigenvalue weighted by atomic mass is 10.3. The van der Waals surface area contributed by atoms with Gasteiger partial charge in [-0.3, -0.25) is 0 Å². The van der Waals surface area contributed by atoms with Crippen LogP contribution in [0.3, 0.4) is 0 Å². The molecule has 0 bridgehead atoms. The summed E-state index contributed by atoms with van der Waals surface area (Å²) in [7, 11) is 0. The summed E-state index contributed by atoms with van der Waals surface area (Å²) in [5, 5.41) is 8.67. The van der Waals surface area contributed by atoms with Crippen molar-refractivity contribution in [1.82, 2.24) is 4.98 Å². The van der Waals surface area contributed by atoms with Gasteiger partial charge in [0.2, 0.25) is 0 Å². The van der Waals surface area contributed by atoms with E-state index in [-0.39, 0.29) is 6.61 Å². The Morgan fingerprint density at radius 1 is 1.47 bits per heavy atom. The van der Waals surface area contributed by atoms with Crippen molar-refractivity contribution in [3.63, 3.8) is 0 Å². The minimum absolute atomic E-state index is 0.241. The third-order valence-corrected chi connectivity index (χ3v) is 4.17. The molecule has 0 spiro atoms. The molecule has 2 rings (SSSR count). The van der Waals surface area contributed by atoms with Crippen LogP contribution < -0.4 is 5.73 Å². The van der Waals surface area contributed by atoms with E-state index >= 15 is 0 Å². The van der Waals surface area contributed by atoms with Gasteiger partial charge in [0.05, 0.1) is 10.2 Å². The van der Waals surface area contributed by atoms with Gasteiger partial charge in [-0.2, -0.15) is 0 Å².